The van der Waals surface area contributed by atoms with Crippen molar-refractivity contribution in [2.24, 2.45) is 5.18 Å². The first-order valence-corrected chi connectivity index (χ1v) is 7.18. The molecule has 0 saturated carbocycles. The van der Waals surface area contributed by atoms with Gasteiger partial charge in [0.25, 0.3) is 0 Å². The molecule has 0 spiro atoms. The van der Waals surface area contributed by atoms with E-state index >= 15 is 0 Å². The van der Waals surface area contributed by atoms with Crippen LogP contribution in [0.4, 0.5) is 29.0 Å². The van der Waals surface area contributed by atoms with Crippen LogP contribution < -0.4 is 15.6 Å². The predicted octanol–water partition coefficient (Wildman–Crippen LogP) is 3.19. The minimum Gasteiger partial charge on any atom is -0.326 e. The van der Waals surface area contributed by atoms with Gasteiger partial charge in [-0.3, -0.25) is 4.79 Å². The second kappa shape index (κ2) is 6.74. The number of halogens is 3. The SMILES string of the molecule is CC(=O)Nc1ccccc1C(=O)Nc1[nH+]c(C(F)(F)F)c(N=O)s1. The van der Waals surface area contributed by atoms with Gasteiger partial charge in [0.05, 0.1) is 11.3 Å². The Kier molecular flexibility index (Phi) is 4.93. The van der Waals surface area contributed by atoms with Crippen LogP contribution >= 0.6 is 11.3 Å². The fourth-order valence-electron chi connectivity index (χ4n) is 1.80. The van der Waals surface area contributed by atoms with Gasteiger partial charge in [-0.25, -0.2) is 9.78 Å². The number of para-hydroxylation sites is 1. The van der Waals surface area contributed by atoms with E-state index in [-0.39, 0.29) is 16.4 Å². The van der Waals surface area contributed by atoms with E-state index in [0.717, 1.165) is 0 Å². The number of H-pyrrole nitrogens is 1. The van der Waals surface area contributed by atoms with Gasteiger partial charge in [-0.2, -0.15) is 18.5 Å². The summed E-state index contributed by atoms with van der Waals surface area (Å²) in [5.74, 6) is -1.17. The minimum atomic E-state index is -4.81. The van der Waals surface area contributed by atoms with Crippen molar-refractivity contribution in [1.82, 2.24) is 0 Å². The van der Waals surface area contributed by atoms with Crippen LogP contribution in [0.2, 0.25) is 0 Å². The number of aromatic amines is 1. The Balaban J connectivity index is 2.30. The maximum absolute atomic E-state index is 12.7. The molecule has 0 aliphatic heterocycles. The molecule has 0 unspecified atom stereocenters. The van der Waals surface area contributed by atoms with Gasteiger partial charge in [-0.1, -0.05) is 12.1 Å². The van der Waals surface area contributed by atoms with Crippen LogP contribution in [0.25, 0.3) is 0 Å². The number of carbonyl (C=O) groups excluding carboxylic acids is 2. The average molecular weight is 359 g/mol. The molecular formula is C13H10F3N4O3S+. The molecule has 126 valence electrons. The summed E-state index contributed by atoms with van der Waals surface area (Å²) >= 11 is 0.355. The number of anilines is 2. The summed E-state index contributed by atoms with van der Waals surface area (Å²) in [6, 6.07) is 5.96. The fourth-order valence-corrected chi connectivity index (χ4v) is 2.60. The highest BCUT2D eigenvalue weighted by Crippen LogP contribution is 2.38. The highest BCUT2D eigenvalue weighted by molar-refractivity contribution is 7.19. The van der Waals surface area contributed by atoms with Crippen molar-refractivity contribution >= 4 is 39.0 Å². The van der Waals surface area contributed by atoms with E-state index in [2.05, 4.69) is 15.8 Å². The zero-order chi connectivity index (χ0) is 17.9. The van der Waals surface area contributed by atoms with Gasteiger partial charge in [0.15, 0.2) is 0 Å². The number of alkyl halides is 3. The van der Waals surface area contributed by atoms with Gasteiger partial charge in [0.1, 0.15) is 0 Å². The summed E-state index contributed by atoms with van der Waals surface area (Å²) in [5.41, 5.74) is -1.10. The van der Waals surface area contributed by atoms with Crippen molar-refractivity contribution < 1.29 is 27.7 Å². The molecule has 0 bridgehead atoms. The smallest absolute Gasteiger partial charge is 0.326 e. The number of carbonyl (C=O) groups is 2. The van der Waals surface area contributed by atoms with Crippen molar-refractivity contribution in [2.45, 2.75) is 13.1 Å². The van der Waals surface area contributed by atoms with Gasteiger partial charge in [-0.05, 0) is 28.6 Å². The van der Waals surface area contributed by atoms with Crippen molar-refractivity contribution in [3.8, 4) is 0 Å². The second-order valence-electron chi connectivity index (χ2n) is 4.51. The van der Waals surface area contributed by atoms with Crippen molar-refractivity contribution in [2.75, 3.05) is 10.6 Å². The lowest BCUT2D eigenvalue weighted by atomic mass is 10.1. The molecule has 0 fully saturated rings. The van der Waals surface area contributed by atoms with Crippen molar-refractivity contribution in [3.05, 3.63) is 40.4 Å². The normalized spacial score (nSPS) is 11.0. The zero-order valence-electron chi connectivity index (χ0n) is 12.0. The van der Waals surface area contributed by atoms with Crippen LogP contribution in [0.5, 0.6) is 0 Å². The fraction of sp³-hybridized carbons (Fsp3) is 0.154. The Morgan fingerprint density at radius 3 is 2.42 bits per heavy atom. The molecule has 11 heteroatoms. The summed E-state index contributed by atoms with van der Waals surface area (Å²) in [6.45, 7) is 1.25. The molecule has 0 saturated heterocycles. The third kappa shape index (κ3) is 3.93. The van der Waals surface area contributed by atoms with Crippen molar-refractivity contribution in [3.63, 3.8) is 0 Å². The van der Waals surface area contributed by atoms with Gasteiger partial charge >= 0.3 is 17.2 Å². The predicted molar refractivity (Wildman–Crippen MR) is 80.0 cm³/mol. The van der Waals surface area contributed by atoms with Crippen LogP contribution in [-0.2, 0) is 11.0 Å². The van der Waals surface area contributed by atoms with Crippen LogP contribution in [0.1, 0.15) is 23.0 Å². The van der Waals surface area contributed by atoms with Gasteiger partial charge in [0, 0.05) is 6.92 Å². The van der Waals surface area contributed by atoms with Gasteiger partial charge < -0.3 is 5.32 Å². The first kappa shape index (κ1) is 17.5. The van der Waals surface area contributed by atoms with E-state index in [1.165, 1.54) is 25.1 Å². The molecule has 0 aliphatic carbocycles. The lowest BCUT2D eigenvalue weighted by Crippen LogP contribution is -2.23. The first-order chi connectivity index (χ1) is 11.2. The average Bonchev–Trinajstić information content (AvgIpc) is 2.90. The molecule has 2 aromatic rings. The Morgan fingerprint density at radius 1 is 1.21 bits per heavy atom. The molecule has 0 atom stereocenters. The molecular weight excluding hydrogens is 349 g/mol. The number of nitroso groups, excluding NO2 is 1. The summed E-state index contributed by atoms with van der Waals surface area (Å²) in [6.07, 6.45) is -4.81. The van der Waals surface area contributed by atoms with E-state index in [0.29, 0.717) is 11.3 Å². The lowest BCUT2D eigenvalue weighted by Gasteiger charge is -2.06. The molecule has 2 amide bonds. The molecule has 24 heavy (non-hydrogen) atoms. The molecule has 0 radical (unpaired) electrons. The standard InChI is InChI=1S/C13H9F3N4O3S/c1-6(21)17-8-5-3-2-4-7(8)10(22)19-12-18-9(13(14,15)16)11(20-23)24-12/h2-5H,1H3,(H,17,21)(H,18,19,22)/p+1. The molecule has 1 heterocycles. The number of thiazole rings is 1. The Bertz CT molecular complexity index is 804. The first-order valence-electron chi connectivity index (χ1n) is 6.37. The largest absolute Gasteiger partial charge is 0.456 e. The summed E-state index contributed by atoms with van der Waals surface area (Å²) in [4.78, 5) is 35.7. The van der Waals surface area contributed by atoms with E-state index < -0.39 is 28.7 Å². The summed E-state index contributed by atoms with van der Waals surface area (Å²) in [5, 5.41) is 5.82. The number of benzene rings is 1. The Morgan fingerprint density at radius 2 is 1.88 bits per heavy atom. The van der Waals surface area contributed by atoms with E-state index in [4.69, 9.17) is 0 Å². The Hall–Kier alpha value is -2.82. The van der Waals surface area contributed by atoms with E-state index in [1.807, 2.05) is 4.98 Å². The van der Waals surface area contributed by atoms with Crippen LogP contribution in [0, 0.1) is 4.91 Å². The molecule has 0 aliphatic rings. The number of amides is 2. The second-order valence-corrected chi connectivity index (χ2v) is 5.51. The maximum atomic E-state index is 12.7. The van der Waals surface area contributed by atoms with Crippen LogP contribution in [0.3, 0.4) is 0 Å². The monoisotopic (exact) mass is 359 g/mol. The highest BCUT2D eigenvalue weighted by Gasteiger charge is 2.42. The quantitative estimate of drug-likeness (QED) is 0.820. The summed E-state index contributed by atoms with van der Waals surface area (Å²) < 4.78 is 38.2. The van der Waals surface area contributed by atoms with E-state index in [1.54, 1.807) is 6.07 Å². The number of hydrogen-bond donors (Lipinski definition) is 2. The molecule has 2 rings (SSSR count). The van der Waals surface area contributed by atoms with Crippen LogP contribution in [-0.4, -0.2) is 11.8 Å². The number of rotatable bonds is 4. The van der Waals surface area contributed by atoms with E-state index in [9.17, 15) is 27.7 Å². The summed E-state index contributed by atoms with van der Waals surface area (Å²) in [7, 11) is 0. The minimum absolute atomic E-state index is 0.0451. The molecule has 1 aromatic heterocycles. The molecule has 7 nitrogen and oxygen atoms in total. The Labute approximate surface area is 136 Å². The number of nitrogens with zero attached hydrogens (tertiary/aromatic N) is 1. The topological polar surface area (TPSA) is 102 Å². The zero-order valence-corrected chi connectivity index (χ0v) is 12.8. The third-order valence-electron chi connectivity index (χ3n) is 2.73. The van der Waals surface area contributed by atoms with Crippen molar-refractivity contribution in [1.29, 1.82) is 0 Å². The molecule has 3 N–H and O–H groups in total. The third-order valence-corrected chi connectivity index (χ3v) is 3.61. The number of nitrogens with one attached hydrogen (secondary N) is 3. The number of hydrogen-bond acceptors (Lipinski definition) is 5. The maximum Gasteiger partial charge on any atom is 0.456 e. The molecule has 1 aromatic carbocycles. The van der Waals surface area contributed by atoms with Crippen LogP contribution in [0.15, 0.2) is 29.4 Å². The highest BCUT2D eigenvalue weighted by atomic mass is 32.1. The van der Waals surface area contributed by atoms with Gasteiger partial charge in [0.2, 0.25) is 16.6 Å². The lowest BCUT2D eigenvalue weighted by molar-refractivity contribution is -0.405. The van der Waals surface area contributed by atoms with Gasteiger partial charge in [-0.15, -0.1) is 4.91 Å². The number of aromatic nitrogens is 1.